The normalized spacial score (nSPS) is 14.8. The van der Waals surface area contributed by atoms with E-state index >= 15 is 0 Å². The second-order valence-corrected chi connectivity index (χ2v) is 8.67. The Balaban J connectivity index is 1.95. The van der Waals surface area contributed by atoms with Crippen LogP contribution in [0.25, 0.3) is 0 Å². The number of hydrogen-bond donors (Lipinski definition) is 0. The van der Waals surface area contributed by atoms with Crippen molar-refractivity contribution in [2.75, 3.05) is 13.7 Å². The van der Waals surface area contributed by atoms with Crippen LogP contribution in [0.4, 0.5) is 0 Å². The number of hydrogen-bond acceptors (Lipinski definition) is 4. The molecule has 1 aliphatic heterocycles. The quantitative estimate of drug-likeness (QED) is 0.776. The van der Waals surface area contributed by atoms with Gasteiger partial charge < -0.3 is 4.74 Å². The minimum absolute atomic E-state index is 0.311. The molecule has 0 aromatic heterocycles. The van der Waals surface area contributed by atoms with E-state index in [-0.39, 0.29) is 5.97 Å². The monoisotopic (exact) mass is 373 g/mol. The first kappa shape index (κ1) is 18.6. The number of nitrogens with zero attached hydrogens (tertiary/aromatic N) is 1. The van der Waals surface area contributed by atoms with Crippen LogP contribution in [0.3, 0.4) is 0 Å². The topological polar surface area (TPSA) is 63.7 Å². The summed E-state index contributed by atoms with van der Waals surface area (Å²) in [6.07, 6.45) is 0.573. The Kier molecular flexibility index (Phi) is 4.90. The summed E-state index contributed by atoms with van der Waals surface area (Å²) in [6.45, 7) is 6.35. The maximum absolute atomic E-state index is 13.2. The van der Waals surface area contributed by atoms with Gasteiger partial charge in [-0.05, 0) is 61.6 Å². The van der Waals surface area contributed by atoms with Gasteiger partial charge in [0.1, 0.15) is 0 Å². The van der Waals surface area contributed by atoms with Crippen molar-refractivity contribution in [2.24, 2.45) is 0 Å². The van der Waals surface area contributed by atoms with E-state index in [9.17, 15) is 13.2 Å². The molecule has 0 unspecified atom stereocenters. The SMILES string of the molecule is COC(=O)c1ccc2c(c1)CCN(S(=O)(=O)c1c(C)cc(C)cc1C)C2. The molecule has 138 valence electrons. The van der Waals surface area contributed by atoms with Gasteiger partial charge in [-0.15, -0.1) is 0 Å². The van der Waals surface area contributed by atoms with Crippen LogP contribution in [0.2, 0.25) is 0 Å². The van der Waals surface area contributed by atoms with Gasteiger partial charge >= 0.3 is 5.97 Å². The molecule has 0 saturated heterocycles. The number of aryl methyl sites for hydroxylation is 3. The van der Waals surface area contributed by atoms with Crippen LogP contribution in [0, 0.1) is 20.8 Å². The van der Waals surface area contributed by atoms with Crippen LogP contribution in [0.1, 0.15) is 38.2 Å². The molecule has 3 rings (SSSR count). The van der Waals surface area contributed by atoms with Crippen LogP contribution in [0.5, 0.6) is 0 Å². The molecule has 0 amide bonds. The predicted molar refractivity (Wildman–Crippen MR) is 99.7 cm³/mol. The number of carbonyl (C=O) groups excluding carboxylic acids is 1. The number of carbonyl (C=O) groups is 1. The fourth-order valence-electron chi connectivity index (χ4n) is 3.68. The van der Waals surface area contributed by atoms with Crippen LogP contribution in [-0.2, 0) is 27.7 Å². The van der Waals surface area contributed by atoms with Gasteiger partial charge in [0.05, 0.1) is 17.6 Å². The summed E-state index contributed by atoms with van der Waals surface area (Å²) < 4.78 is 32.7. The number of methoxy groups -OCH3 is 1. The van der Waals surface area contributed by atoms with Crippen molar-refractivity contribution in [1.82, 2.24) is 4.31 Å². The van der Waals surface area contributed by atoms with Gasteiger partial charge in [0.2, 0.25) is 10.0 Å². The van der Waals surface area contributed by atoms with Crippen molar-refractivity contribution >= 4 is 16.0 Å². The van der Waals surface area contributed by atoms with Crippen molar-refractivity contribution in [3.05, 3.63) is 63.7 Å². The Morgan fingerprint density at radius 3 is 2.31 bits per heavy atom. The van der Waals surface area contributed by atoms with Crippen molar-refractivity contribution in [3.63, 3.8) is 0 Å². The number of fused-ring (bicyclic) bond motifs is 1. The van der Waals surface area contributed by atoms with Gasteiger partial charge in [-0.2, -0.15) is 4.31 Å². The Morgan fingerprint density at radius 1 is 1.04 bits per heavy atom. The van der Waals surface area contributed by atoms with E-state index in [4.69, 9.17) is 4.74 Å². The third kappa shape index (κ3) is 3.27. The van der Waals surface area contributed by atoms with Crippen molar-refractivity contribution < 1.29 is 17.9 Å². The summed E-state index contributed by atoms with van der Waals surface area (Å²) in [4.78, 5) is 12.1. The highest BCUT2D eigenvalue weighted by Gasteiger charge is 2.31. The molecule has 26 heavy (non-hydrogen) atoms. The van der Waals surface area contributed by atoms with Crippen molar-refractivity contribution in [3.8, 4) is 0 Å². The van der Waals surface area contributed by atoms with Crippen LogP contribution in [-0.4, -0.2) is 32.3 Å². The van der Waals surface area contributed by atoms with Crippen LogP contribution < -0.4 is 0 Å². The Hall–Kier alpha value is -2.18. The first-order valence-electron chi connectivity index (χ1n) is 8.52. The van der Waals surface area contributed by atoms with Gasteiger partial charge in [-0.25, -0.2) is 13.2 Å². The summed E-state index contributed by atoms with van der Waals surface area (Å²) in [6, 6.07) is 9.11. The van der Waals surface area contributed by atoms with E-state index in [1.54, 1.807) is 12.1 Å². The van der Waals surface area contributed by atoms with Crippen molar-refractivity contribution in [1.29, 1.82) is 0 Å². The molecule has 0 spiro atoms. The number of rotatable bonds is 3. The molecule has 0 N–H and O–H groups in total. The predicted octanol–water partition coefficient (Wildman–Crippen LogP) is 3.15. The van der Waals surface area contributed by atoms with E-state index in [0.717, 1.165) is 27.8 Å². The van der Waals surface area contributed by atoms with Crippen LogP contribution in [0.15, 0.2) is 35.2 Å². The highest BCUT2D eigenvalue weighted by Crippen LogP contribution is 2.29. The average Bonchev–Trinajstić information content (AvgIpc) is 2.58. The zero-order chi connectivity index (χ0) is 19.1. The average molecular weight is 373 g/mol. The van der Waals surface area contributed by atoms with Gasteiger partial charge in [0, 0.05) is 13.1 Å². The minimum Gasteiger partial charge on any atom is -0.465 e. The molecule has 0 bridgehead atoms. The number of benzene rings is 2. The molecule has 2 aromatic carbocycles. The maximum Gasteiger partial charge on any atom is 0.337 e. The lowest BCUT2D eigenvalue weighted by Crippen LogP contribution is -2.36. The maximum atomic E-state index is 13.2. The van der Waals surface area contributed by atoms with Crippen LogP contribution >= 0.6 is 0 Å². The summed E-state index contributed by atoms with van der Waals surface area (Å²) >= 11 is 0. The molecule has 0 aliphatic carbocycles. The fraction of sp³-hybridized carbons (Fsp3) is 0.350. The van der Waals surface area contributed by atoms with E-state index in [1.807, 2.05) is 39.0 Å². The fourth-order valence-corrected chi connectivity index (χ4v) is 5.51. The molecule has 1 aliphatic rings. The third-order valence-electron chi connectivity index (χ3n) is 4.81. The minimum atomic E-state index is -3.57. The third-order valence-corrected chi connectivity index (χ3v) is 6.96. The molecule has 0 atom stereocenters. The lowest BCUT2D eigenvalue weighted by molar-refractivity contribution is 0.0600. The molecule has 0 saturated carbocycles. The van der Waals surface area contributed by atoms with Gasteiger partial charge in [0.25, 0.3) is 0 Å². The number of esters is 1. The van der Waals surface area contributed by atoms with Gasteiger partial charge in [-0.1, -0.05) is 23.8 Å². The summed E-state index contributed by atoms with van der Waals surface area (Å²) in [5.74, 6) is -0.381. The highest BCUT2D eigenvalue weighted by molar-refractivity contribution is 7.89. The lowest BCUT2D eigenvalue weighted by Gasteiger charge is -2.29. The Bertz CT molecular complexity index is 956. The summed E-state index contributed by atoms with van der Waals surface area (Å²) in [7, 11) is -2.22. The zero-order valence-corrected chi connectivity index (χ0v) is 16.3. The first-order chi connectivity index (χ1) is 12.2. The largest absolute Gasteiger partial charge is 0.465 e. The summed E-state index contributed by atoms with van der Waals surface area (Å²) in [5, 5.41) is 0. The molecule has 0 fully saturated rings. The standard InChI is InChI=1S/C20H23NO4S/c1-13-9-14(2)19(15(3)10-13)26(23,24)21-8-7-16-11-17(20(22)25-4)5-6-18(16)12-21/h5-6,9-11H,7-8,12H2,1-4H3. The van der Waals surface area contributed by atoms with Gasteiger partial charge in [0.15, 0.2) is 0 Å². The molecule has 5 nitrogen and oxygen atoms in total. The van der Waals surface area contributed by atoms with Crippen molar-refractivity contribution in [2.45, 2.75) is 38.6 Å². The first-order valence-corrected chi connectivity index (χ1v) is 9.96. The number of sulfonamides is 1. The molecular formula is C20H23NO4S. The van der Waals surface area contributed by atoms with E-state index in [1.165, 1.54) is 11.4 Å². The zero-order valence-electron chi connectivity index (χ0n) is 15.5. The second-order valence-electron chi connectivity index (χ2n) is 6.79. The Morgan fingerprint density at radius 2 is 1.69 bits per heavy atom. The smallest absolute Gasteiger partial charge is 0.337 e. The van der Waals surface area contributed by atoms with E-state index < -0.39 is 10.0 Å². The molecular weight excluding hydrogens is 350 g/mol. The summed E-state index contributed by atoms with van der Waals surface area (Å²) in [5.41, 5.74) is 5.02. The molecule has 0 radical (unpaired) electrons. The highest BCUT2D eigenvalue weighted by atomic mass is 32.2. The van der Waals surface area contributed by atoms with E-state index in [0.29, 0.717) is 30.0 Å². The second kappa shape index (κ2) is 6.85. The lowest BCUT2D eigenvalue weighted by atomic mass is 9.98. The molecule has 6 heteroatoms. The molecule has 2 aromatic rings. The Labute approximate surface area is 154 Å². The molecule has 1 heterocycles. The van der Waals surface area contributed by atoms with Gasteiger partial charge in [-0.3, -0.25) is 0 Å². The number of ether oxygens (including phenoxy) is 1. The van der Waals surface area contributed by atoms with E-state index in [2.05, 4.69) is 0 Å².